The van der Waals surface area contributed by atoms with Crippen molar-refractivity contribution in [2.24, 2.45) is 23.5 Å². The summed E-state index contributed by atoms with van der Waals surface area (Å²) in [6.07, 6.45) is 4.44. The number of hydrogen-bond donors (Lipinski definition) is 2. The molecular weight excluding hydrogens is 278 g/mol. The molecule has 0 aliphatic heterocycles. The monoisotopic (exact) mass is 303 g/mol. The van der Waals surface area contributed by atoms with Gasteiger partial charge in [0.05, 0.1) is 5.92 Å². The van der Waals surface area contributed by atoms with Crippen LogP contribution in [0.4, 0.5) is 0 Å². The molecule has 1 aliphatic carbocycles. The van der Waals surface area contributed by atoms with Gasteiger partial charge in [-0.1, -0.05) is 31.2 Å². The molecule has 0 aromatic heterocycles. The predicted octanol–water partition coefficient (Wildman–Crippen LogP) is 2.90. The molecule has 0 heterocycles. The smallest absolute Gasteiger partial charge is 0.306 e. The molecule has 4 nitrogen and oxygen atoms in total. The van der Waals surface area contributed by atoms with Gasteiger partial charge in [-0.3, -0.25) is 9.59 Å². The Balaban J connectivity index is 1.95. The fraction of sp³-hybridized carbons (Fsp3) is 0.556. The van der Waals surface area contributed by atoms with E-state index in [-0.39, 0.29) is 11.7 Å². The second kappa shape index (κ2) is 7.54. The highest BCUT2D eigenvalue weighted by Crippen LogP contribution is 2.30. The quantitative estimate of drug-likeness (QED) is 0.792. The van der Waals surface area contributed by atoms with E-state index in [9.17, 15) is 9.59 Å². The molecule has 0 bridgehead atoms. The van der Waals surface area contributed by atoms with Gasteiger partial charge in [0.25, 0.3) is 0 Å². The van der Waals surface area contributed by atoms with E-state index >= 15 is 0 Å². The van der Waals surface area contributed by atoms with Crippen LogP contribution in [0.5, 0.6) is 0 Å². The largest absolute Gasteiger partial charge is 0.481 e. The Morgan fingerprint density at radius 1 is 1.18 bits per heavy atom. The van der Waals surface area contributed by atoms with Crippen LogP contribution < -0.4 is 5.73 Å². The summed E-state index contributed by atoms with van der Waals surface area (Å²) < 4.78 is 0. The minimum atomic E-state index is -0.795. The van der Waals surface area contributed by atoms with Crippen molar-refractivity contribution < 1.29 is 14.7 Å². The number of aliphatic carboxylic acids is 1. The summed E-state index contributed by atoms with van der Waals surface area (Å²) >= 11 is 0. The minimum absolute atomic E-state index is 0.117. The fourth-order valence-corrected chi connectivity index (χ4v) is 3.14. The van der Waals surface area contributed by atoms with Crippen molar-refractivity contribution in [1.29, 1.82) is 0 Å². The number of ketones is 1. The second-order valence-electron chi connectivity index (χ2n) is 6.46. The van der Waals surface area contributed by atoms with Crippen molar-refractivity contribution in [1.82, 2.24) is 0 Å². The first-order chi connectivity index (χ1) is 10.5. The summed E-state index contributed by atoms with van der Waals surface area (Å²) in [4.78, 5) is 23.4. The maximum absolute atomic E-state index is 12.5. The Morgan fingerprint density at radius 3 is 2.27 bits per heavy atom. The zero-order valence-electron chi connectivity index (χ0n) is 13.1. The average Bonchev–Trinajstić information content (AvgIpc) is 2.55. The second-order valence-corrected chi connectivity index (χ2v) is 6.46. The summed E-state index contributed by atoms with van der Waals surface area (Å²) in [7, 11) is 0. The van der Waals surface area contributed by atoms with Gasteiger partial charge >= 0.3 is 5.97 Å². The predicted molar refractivity (Wildman–Crippen MR) is 85.8 cm³/mol. The van der Waals surface area contributed by atoms with Gasteiger partial charge in [0.2, 0.25) is 0 Å². The molecule has 0 amide bonds. The Labute approximate surface area is 131 Å². The van der Waals surface area contributed by atoms with Gasteiger partial charge in [0, 0.05) is 11.5 Å². The molecule has 4 heteroatoms. The van der Waals surface area contributed by atoms with E-state index in [4.69, 9.17) is 10.8 Å². The van der Waals surface area contributed by atoms with Gasteiger partial charge in [-0.25, -0.2) is 0 Å². The number of hydrogen-bond acceptors (Lipinski definition) is 3. The lowest BCUT2D eigenvalue weighted by molar-refractivity contribution is -0.141. The van der Waals surface area contributed by atoms with Crippen LogP contribution in [0.1, 0.15) is 48.5 Å². The first-order valence-corrected chi connectivity index (χ1v) is 8.07. The van der Waals surface area contributed by atoms with Gasteiger partial charge in [0.15, 0.2) is 5.78 Å². The summed E-state index contributed by atoms with van der Waals surface area (Å²) in [6.45, 7) is 2.41. The topological polar surface area (TPSA) is 80.4 Å². The van der Waals surface area contributed by atoms with Crippen LogP contribution in [0.2, 0.25) is 0 Å². The molecular formula is C18H25NO3. The standard InChI is InChI=1S/C18H25NO3/c1-12(18(21)22)10-13-2-6-15(7-3-13)17(20)16-8-4-14(11-19)5-9-16/h2-3,6-7,12,14,16H,4-5,8-11,19H2,1H3,(H,21,22). The Morgan fingerprint density at radius 2 is 1.77 bits per heavy atom. The number of carboxylic acid groups (broad SMARTS) is 1. The molecule has 0 radical (unpaired) electrons. The number of Topliss-reactive ketones (excluding diaryl/α,β-unsaturated/α-hetero) is 1. The van der Waals surface area contributed by atoms with E-state index in [1.807, 2.05) is 24.3 Å². The van der Waals surface area contributed by atoms with Crippen molar-refractivity contribution >= 4 is 11.8 Å². The van der Waals surface area contributed by atoms with E-state index in [0.717, 1.165) is 43.4 Å². The number of rotatable bonds is 6. The molecule has 1 atom stereocenters. The zero-order chi connectivity index (χ0) is 16.1. The molecule has 1 saturated carbocycles. The lowest BCUT2D eigenvalue weighted by atomic mass is 9.78. The van der Waals surface area contributed by atoms with E-state index in [2.05, 4.69) is 0 Å². The van der Waals surface area contributed by atoms with Gasteiger partial charge in [-0.2, -0.15) is 0 Å². The summed E-state index contributed by atoms with van der Waals surface area (Å²) in [5, 5.41) is 8.94. The molecule has 1 fully saturated rings. The van der Waals surface area contributed by atoms with E-state index in [1.54, 1.807) is 6.92 Å². The van der Waals surface area contributed by atoms with Gasteiger partial charge in [0.1, 0.15) is 0 Å². The van der Waals surface area contributed by atoms with Gasteiger partial charge < -0.3 is 10.8 Å². The lowest BCUT2D eigenvalue weighted by Crippen LogP contribution is -2.25. The normalized spacial score (nSPS) is 23.0. The van der Waals surface area contributed by atoms with Crippen LogP contribution in [0.3, 0.4) is 0 Å². The Hall–Kier alpha value is -1.68. The van der Waals surface area contributed by atoms with Gasteiger partial charge in [-0.15, -0.1) is 0 Å². The van der Waals surface area contributed by atoms with E-state index < -0.39 is 11.9 Å². The lowest BCUT2D eigenvalue weighted by Gasteiger charge is -2.26. The van der Waals surface area contributed by atoms with Crippen molar-refractivity contribution in [3.05, 3.63) is 35.4 Å². The summed E-state index contributed by atoms with van der Waals surface area (Å²) in [5.74, 6) is -0.297. The molecule has 1 aromatic rings. The molecule has 1 unspecified atom stereocenters. The zero-order valence-corrected chi connectivity index (χ0v) is 13.1. The molecule has 22 heavy (non-hydrogen) atoms. The highest BCUT2D eigenvalue weighted by atomic mass is 16.4. The van der Waals surface area contributed by atoms with E-state index in [1.165, 1.54) is 0 Å². The van der Waals surface area contributed by atoms with Crippen LogP contribution in [-0.4, -0.2) is 23.4 Å². The third-order valence-electron chi connectivity index (χ3n) is 4.75. The van der Waals surface area contributed by atoms with Crippen LogP contribution in [0.15, 0.2) is 24.3 Å². The van der Waals surface area contributed by atoms with Crippen molar-refractivity contribution in [3.8, 4) is 0 Å². The Bertz CT molecular complexity index is 516. The molecule has 3 N–H and O–H groups in total. The van der Waals surface area contributed by atoms with Crippen molar-refractivity contribution in [2.45, 2.75) is 39.0 Å². The van der Waals surface area contributed by atoms with Crippen LogP contribution in [0.25, 0.3) is 0 Å². The molecule has 0 spiro atoms. The first kappa shape index (κ1) is 16.7. The highest BCUT2D eigenvalue weighted by molar-refractivity contribution is 5.97. The summed E-state index contributed by atoms with van der Waals surface area (Å²) in [5.41, 5.74) is 7.38. The van der Waals surface area contributed by atoms with Crippen LogP contribution in [0, 0.1) is 17.8 Å². The average molecular weight is 303 g/mol. The maximum Gasteiger partial charge on any atom is 0.306 e. The van der Waals surface area contributed by atoms with Gasteiger partial charge in [-0.05, 0) is 50.1 Å². The third-order valence-corrected chi connectivity index (χ3v) is 4.75. The number of carbonyl (C=O) groups is 2. The minimum Gasteiger partial charge on any atom is -0.481 e. The third kappa shape index (κ3) is 4.17. The molecule has 1 aromatic carbocycles. The Kier molecular flexibility index (Phi) is 5.72. The fourth-order valence-electron chi connectivity index (χ4n) is 3.14. The summed E-state index contributed by atoms with van der Waals surface area (Å²) in [6, 6.07) is 7.42. The van der Waals surface area contributed by atoms with E-state index in [0.29, 0.717) is 12.3 Å². The maximum atomic E-state index is 12.5. The molecule has 120 valence electrons. The van der Waals surface area contributed by atoms with Crippen LogP contribution >= 0.6 is 0 Å². The van der Waals surface area contributed by atoms with Crippen molar-refractivity contribution in [3.63, 3.8) is 0 Å². The number of benzene rings is 1. The molecule has 0 saturated heterocycles. The number of carboxylic acids is 1. The van der Waals surface area contributed by atoms with Crippen LogP contribution in [-0.2, 0) is 11.2 Å². The van der Waals surface area contributed by atoms with Crippen molar-refractivity contribution in [2.75, 3.05) is 6.54 Å². The highest BCUT2D eigenvalue weighted by Gasteiger charge is 2.26. The molecule has 2 rings (SSSR count). The first-order valence-electron chi connectivity index (χ1n) is 8.07. The molecule has 1 aliphatic rings. The number of nitrogens with two attached hydrogens (primary N) is 1. The number of carbonyl (C=O) groups excluding carboxylic acids is 1. The SMILES string of the molecule is CC(Cc1ccc(C(=O)C2CCC(CN)CC2)cc1)C(=O)O.